The molecule has 176 valence electrons. The number of hydrogen-bond donors (Lipinski definition) is 2. The number of carbonyl (C=O) groups is 2. The molecule has 2 amide bonds. The van der Waals surface area contributed by atoms with Crippen molar-refractivity contribution in [1.82, 2.24) is 15.1 Å². The molecule has 0 bridgehead atoms. The van der Waals surface area contributed by atoms with E-state index in [9.17, 15) is 9.59 Å². The number of carbonyl (C=O) groups excluding carboxylic acids is 2. The minimum absolute atomic E-state index is 0.0375. The summed E-state index contributed by atoms with van der Waals surface area (Å²) in [7, 11) is 4.26. The van der Waals surface area contributed by atoms with E-state index in [0.29, 0.717) is 12.2 Å². The number of nitrogens with zero attached hydrogens (tertiary/aromatic N) is 3. The number of piperazine rings is 1. The quantitative estimate of drug-likeness (QED) is 0.663. The van der Waals surface area contributed by atoms with Crippen molar-refractivity contribution in [3.8, 4) is 0 Å². The fourth-order valence-corrected chi connectivity index (χ4v) is 4.67. The van der Waals surface area contributed by atoms with Gasteiger partial charge in [0.2, 0.25) is 0 Å². The summed E-state index contributed by atoms with van der Waals surface area (Å²) >= 11 is 0. The van der Waals surface area contributed by atoms with E-state index in [1.165, 1.54) is 22.4 Å². The van der Waals surface area contributed by atoms with Gasteiger partial charge in [0.15, 0.2) is 0 Å². The number of likely N-dealkylation sites (N-methyl/N-ethyl adjacent to an activating group) is 2. The predicted octanol–water partition coefficient (Wildman–Crippen LogP) is 2.28. The lowest BCUT2D eigenvalue weighted by Gasteiger charge is -2.38. The Bertz CT molecular complexity index is 983. The molecule has 1 saturated heterocycles. The topological polar surface area (TPSA) is 67.9 Å². The lowest BCUT2D eigenvalue weighted by molar-refractivity contribution is -0.136. The summed E-state index contributed by atoms with van der Waals surface area (Å²) in [4.78, 5) is 32.1. The van der Waals surface area contributed by atoms with E-state index in [4.69, 9.17) is 0 Å². The molecule has 7 nitrogen and oxygen atoms in total. The number of anilines is 2. The monoisotopic (exact) mass is 449 g/mol. The van der Waals surface area contributed by atoms with Crippen molar-refractivity contribution in [1.29, 1.82) is 0 Å². The molecule has 1 fully saturated rings. The van der Waals surface area contributed by atoms with E-state index in [1.807, 2.05) is 24.3 Å². The first-order valence-corrected chi connectivity index (χ1v) is 11.9. The molecule has 2 N–H and O–H groups in total. The van der Waals surface area contributed by atoms with Crippen LogP contribution in [0.15, 0.2) is 42.5 Å². The van der Waals surface area contributed by atoms with Crippen molar-refractivity contribution in [3.05, 3.63) is 59.2 Å². The number of fused-ring (bicyclic) bond motifs is 1. The lowest BCUT2D eigenvalue weighted by Crippen LogP contribution is -2.49. The number of hydrogen-bond acceptors (Lipinski definition) is 5. The molecule has 0 aliphatic carbocycles. The molecule has 2 aliphatic heterocycles. The van der Waals surface area contributed by atoms with Crippen LogP contribution in [0.5, 0.6) is 0 Å². The summed E-state index contributed by atoms with van der Waals surface area (Å²) in [5.74, 6) is -1.23. The van der Waals surface area contributed by atoms with Crippen molar-refractivity contribution in [2.75, 3.05) is 63.6 Å². The summed E-state index contributed by atoms with van der Waals surface area (Å²) in [6, 6.07) is 14.3. The summed E-state index contributed by atoms with van der Waals surface area (Å²) in [5.41, 5.74) is 5.66. The highest BCUT2D eigenvalue weighted by atomic mass is 16.2. The molecular weight excluding hydrogens is 414 g/mol. The second-order valence-corrected chi connectivity index (χ2v) is 9.13. The van der Waals surface area contributed by atoms with Gasteiger partial charge >= 0.3 is 11.8 Å². The van der Waals surface area contributed by atoms with E-state index in [0.717, 1.165) is 45.6 Å². The number of amides is 2. The SMILES string of the molecule is CCc1ccc(NC(=O)C(=O)NC[C@H](c2ccc3c(c2)CCN3C)N2CCN(C)CC2)cc1. The fraction of sp³-hybridized carbons (Fsp3) is 0.462. The van der Waals surface area contributed by atoms with Crippen molar-refractivity contribution in [3.63, 3.8) is 0 Å². The van der Waals surface area contributed by atoms with E-state index in [2.05, 4.69) is 64.6 Å². The minimum atomic E-state index is -0.632. The van der Waals surface area contributed by atoms with Gasteiger partial charge in [-0.25, -0.2) is 0 Å². The van der Waals surface area contributed by atoms with Gasteiger partial charge in [-0.3, -0.25) is 14.5 Å². The summed E-state index contributed by atoms with van der Waals surface area (Å²) in [6.07, 6.45) is 1.97. The molecule has 0 spiro atoms. The molecular formula is C26H35N5O2. The molecule has 7 heteroatoms. The van der Waals surface area contributed by atoms with E-state index in [-0.39, 0.29) is 6.04 Å². The number of aryl methyl sites for hydroxylation is 1. The maximum atomic E-state index is 12.6. The average Bonchev–Trinajstić information content (AvgIpc) is 3.20. The third-order valence-electron chi connectivity index (χ3n) is 6.88. The van der Waals surface area contributed by atoms with Gasteiger partial charge in [-0.05, 0) is 54.8 Å². The van der Waals surface area contributed by atoms with Crippen LogP contribution >= 0.6 is 0 Å². The first kappa shape index (κ1) is 23.3. The minimum Gasteiger partial charge on any atom is -0.374 e. The Hall–Kier alpha value is -2.90. The van der Waals surface area contributed by atoms with Gasteiger partial charge in [0.1, 0.15) is 0 Å². The van der Waals surface area contributed by atoms with E-state index in [1.54, 1.807) is 0 Å². The van der Waals surface area contributed by atoms with Gasteiger partial charge in [-0.15, -0.1) is 0 Å². The largest absolute Gasteiger partial charge is 0.374 e. The number of rotatable bonds is 6. The molecule has 2 aromatic carbocycles. The zero-order valence-electron chi connectivity index (χ0n) is 19.9. The van der Waals surface area contributed by atoms with Crippen LogP contribution < -0.4 is 15.5 Å². The zero-order chi connectivity index (χ0) is 23.4. The van der Waals surface area contributed by atoms with Crippen LogP contribution in [0.3, 0.4) is 0 Å². The molecule has 0 unspecified atom stereocenters. The molecule has 1 atom stereocenters. The Kier molecular flexibility index (Phi) is 7.30. The second kappa shape index (κ2) is 10.4. The van der Waals surface area contributed by atoms with Gasteiger partial charge < -0.3 is 20.4 Å². The van der Waals surface area contributed by atoms with Crippen molar-refractivity contribution in [2.45, 2.75) is 25.8 Å². The zero-order valence-corrected chi connectivity index (χ0v) is 19.9. The van der Waals surface area contributed by atoms with E-state index < -0.39 is 11.8 Å². The van der Waals surface area contributed by atoms with Crippen LogP contribution in [0, 0.1) is 0 Å². The standard InChI is InChI=1S/C26H35N5O2/c1-4-19-5-8-22(9-6-19)28-26(33)25(32)27-18-24(31-15-13-29(2)14-16-31)20-7-10-23-21(17-20)11-12-30(23)3/h5-10,17,24H,4,11-16,18H2,1-3H3,(H,27,32)(H,28,33)/t24-/m1/s1. The predicted molar refractivity (Wildman–Crippen MR) is 133 cm³/mol. The van der Waals surface area contributed by atoms with Gasteiger partial charge in [-0.1, -0.05) is 31.2 Å². The third-order valence-corrected chi connectivity index (χ3v) is 6.88. The fourth-order valence-electron chi connectivity index (χ4n) is 4.67. The summed E-state index contributed by atoms with van der Waals surface area (Å²) in [5, 5.41) is 5.60. The van der Waals surface area contributed by atoms with Crippen LogP contribution in [0.1, 0.15) is 29.7 Å². The number of benzene rings is 2. The molecule has 0 saturated carbocycles. The van der Waals surface area contributed by atoms with Crippen molar-refractivity contribution in [2.24, 2.45) is 0 Å². The van der Waals surface area contributed by atoms with Gasteiger partial charge in [0, 0.05) is 57.7 Å². The average molecular weight is 450 g/mol. The van der Waals surface area contributed by atoms with Crippen LogP contribution in [-0.2, 0) is 22.4 Å². The maximum absolute atomic E-state index is 12.6. The number of nitrogens with one attached hydrogen (secondary N) is 2. The molecule has 2 aliphatic rings. The summed E-state index contributed by atoms with van der Waals surface area (Å²) in [6.45, 7) is 7.37. The van der Waals surface area contributed by atoms with Crippen LogP contribution in [-0.4, -0.2) is 75.0 Å². The summed E-state index contributed by atoms with van der Waals surface area (Å²) < 4.78 is 0. The maximum Gasteiger partial charge on any atom is 0.313 e. The molecule has 2 aromatic rings. The molecule has 2 heterocycles. The van der Waals surface area contributed by atoms with Gasteiger partial charge in [0.25, 0.3) is 0 Å². The normalized spacial score (nSPS) is 17.5. The van der Waals surface area contributed by atoms with Crippen molar-refractivity contribution < 1.29 is 9.59 Å². The Labute approximate surface area is 196 Å². The Morgan fingerprint density at radius 3 is 2.36 bits per heavy atom. The highest BCUT2D eigenvalue weighted by Crippen LogP contribution is 2.31. The van der Waals surface area contributed by atoms with Crippen LogP contribution in [0.2, 0.25) is 0 Å². The highest BCUT2D eigenvalue weighted by molar-refractivity contribution is 6.39. The second-order valence-electron chi connectivity index (χ2n) is 9.13. The van der Waals surface area contributed by atoms with Gasteiger partial charge in [-0.2, -0.15) is 0 Å². The van der Waals surface area contributed by atoms with Crippen LogP contribution in [0.25, 0.3) is 0 Å². The molecule has 4 rings (SSSR count). The third kappa shape index (κ3) is 5.54. The first-order chi connectivity index (χ1) is 15.9. The van der Waals surface area contributed by atoms with Crippen molar-refractivity contribution >= 4 is 23.2 Å². The first-order valence-electron chi connectivity index (χ1n) is 11.9. The van der Waals surface area contributed by atoms with Crippen LogP contribution in [0.4, 0.5) is 11.4 Å². The highest BCUT2D eigenvalue weighted by Gasteiger charge is 2.27. The Morgan fingerprint density at radius 2 is 1.67 bits per heavy atom. The molecule has 0 aromatic heterocycles. The Balaban J connectivity index is 1.43. The Morgan fingerprint density at radius 1 is 0.939 bits per heavy atom. The lowest BCUT2D eigenvalue weighted by atomic mass is 10.00. The van der Waals surface area contributed by atoms with Gasteiger partial charge in [0.05, 0.1) is 6.04 Å². The smallest absolute Gasteiger partial charge is 0.313 e. The molecule has 33 heavy (non-hydrogen) atoms. The molecule has 0 radical (unpaired) electrons. The van der Waals surface area contributed by atoms with E-state index >= 15 is 0 Å².